The van der Waals surface area contributed by atoms with E-state index in [4.69, 9.17) is 30.4 Å². The maximum Gasteiger partial charge on any atom is 0.238 e. The van der Waals surface area contributed by atoms with Crippen LogP contribution in [0.5, 0.6) is 5.75 Å². The van der Waals surface area contributed by atoms with E-state index in [1.165, 1.54) is 12.1 Å². The third-order valence-electron chi connectivity index (χ3n) is 7.17. The summed E-state index contributed by atoms with van der Waals surface area (Å²) in [6.45, 7) is -0.569. The summed E-state index contributed by atoms with van der Waals surface area (Å²) in [6.07, 6.45) is -5.08. The monoisotopic (exact) mass is 584 g/mol. The Morgan fingerprint density at radius 2 is 1.66 bits per heavy atom. The average Bonchev–Trinajstić information content (AvgIpc) is 3.73. The van der Waals surface area contributed by atoms with Crippen molar-refractivity contribution in [3.63, 3.8) is 0 Å². The van der Waals surface area contributed by atoms with Crippen LogP contribution in [0.3, 0.4) is 0 Å². The highest BCUT2D eigenvalue weighted by atomic mass is 32.2. The number of sulfonamides is 1. The van der Waals surface area contributed by atoms with Gasteiger partial charge in [-0.25, -0.2) is 28.2 Å². The van der Waals surface area contributed by atoms with Crippen molar-refractivity contribution in [1.82, 2.24) is 19.7 Å². The zero-order valence-corrected chi connectivity index (χ0v) is 22.3. The largest absolute Gasteiger partial charge is 0.462 e. The minimum atomic E-state index is -3.86. The third-order valence-corrected chi connectivity index (χ3v) is 8.10. The van der Waals surface area contributed by atoms with Crippen LogP contribution in [0.1, 0.15) is 24.5 Å². The number of nitrogens with two attached hydrogens (primary N) is 2. The number of anilines is 1. The Labute approximate surface area is 233 Å². The van der Waals surface area contributed by atoms with E-state index in [0.29, 0.717) is 28.1 Å². The smallest absolute Gasteiger partial charge is 0.238 e. The molecule has 2 fully saturated rings. The molecule has 1 aliphatic heterocycles. The van der Waals surface area contributed by atoms with Gasteiger partial charge < -0.3 is 35.6 Å². The number of nitrogens with zero attached hydrogens (tertiary/aromatic N) is 4. The number of primary sulfonamides is 1. The van der Waals surface area contributed by atoms with Crippen LogP contribution in [0.25, 0.3) is 28.1 Å². The summed E-state index contributed by atoms with van der Waals surface area (Å²) < 4.78 is 36.1. The molecule has 2 aromatic heterocycles. The Hall–Kier alpha value is -3.70. The predicted molar refractivity (Wildman–Crippen MR) is 144 cm³/mol. The summed E-state index contributed by atoms with van der Waals surface area (Å²) in [5.74, 6) is 1.07. The van der Waals surface area contributed by atoms with Crippen molar-refractivity contribution < 1.29 is 38.3 Å². The number of hydrogen-bond donors (Lipinski definition) is 6. The van der Waals surface area contributed by atoms with E-state index in [9.17, 15) is 28.8 Å². The van der Waals surface area contributed by atoms with Gasteiger partial charge in [0, 0.05) is 11.5 Å². The molecule has 6 rings (SSSR count). The SMILES string of the molecule is Nc1nc(-c2ccc(OC3OC(CO)C(O)C(O)C3O)cc2)nc2c1c(C1CC1)nn2-c1ccc(S(N)(=O)=O)cc1. The lowest BCUT2D eigenvalue weighted by Crippen LogP contribution is -2.60. The molecule has 0 radical (unpaired) electrons. The Balaban J connectivity index is 1.32. The first-order chi connectivity index (χ1) is 19.5. The van der Waals surface area contributed by atoms with E-state index >= 15 is 0 Å². The molecule has 3 heterocycles. The first kappa shape index (κ1) is 27.5. The molecule has 41 heavy (non-hydrogen) atoms. The molecule has 5 atom stereocenters. The van der Waals surface area contributed by atoms with Crippen molar-refractivity contribution in [2.45, 2.75) is 54.4 Å². The molecule has 1 saturated heterocycles. The lowest BCUT2D eigenvalue weighted by Gasteiger charge is -2.39. The Morgan fingerprint density at radius 3 is 2.27 bits per heavy atom. The Morgan fingerprint density at radius 1 is 0.976 bits per heavy atom. The summed E-state index contributed by atoms with van der Waals surface area (Å²) in [5, 5.41) is 50.2. The van der Waals surface area contributed by atoms with E-state index < -0.39 is 47.3 Å². The lowest BCUT2D eigenvalue weighted by atomic mass is 9.99. The van der Waals surface area contributed by atoms with Crippen molar-refractivity contribution in [2.75, 3.05) is 12.3 Å². The van der Waals surface area contributed by atoms with Crippen LogP contribution in [0.4, 0.5) is 5.82 Å². The van der Waals surface area contributed by atoms with Gasteiger partial charge in [-0.05, 0) is 61.4 Å². The number of aromatic nitrogens is 4. The molecular formula is C26H28N6O8S. The minimum Gasteiger partial charge on any atom is -0.462 e. The number of ether oxygens (including phenoxy) is 2. The van der Waals surface area contributed by atoms with Gasteiger partial charge in [0.15, 0.2) is 11.5 Å². The highest BCUT2D eigenvalue weighted by molar-refractivity contribution is 7.89. The van der Waals surface area contributed by atoms with Gasteiger partial charge in [-0.15, -0.1) is 0 Å². The van der Waals surface area contributed by atoms with Crippen LogP contribution in [-0.2, 0) is 14.8 Å². The molecule has 5 unspecified atom stereocenters. The van der Waals surface area contributed by atoms with Crippen LogP contribution in [0.15, 0.2) is 53.4 Å². The standard InChI is InChI=1S/C26H28N6O8S/c27-23-18-19(12-1-2-12)31-32(14-5-9-16(10-6-14)41(28,37)38)25(18)30-24(29-23)13-3-7-15(8-4-13)39-26-22(36)21(35)20(34)17(11-33)40-26/h3-10,12,17,20-22,26,33-36H,1-2,11H2,(H2,27,29,30)(H2,28,37,38). The predicted octanol–water partition coefficient (Wildman–Crippen LogP) is -0.232. The van der Waals surface area contributed by atoms with E-state index in [-0.39, 0.29) is 22.4 Å². The maximum absolute atomic E-state index is 11.7. The van der Waals surface area contributed by atoms with Crippen molar-refractivity contribution in [3.05, 3.63) is 54.2 Å². The molecule has 15 heteroatoms. The molecule has 2 aliphatic rings. The number of rotatable bonds is 7. The number of aliphatic hydroxyl groups excluding tert-OH is 4. The van der Waals surface area contributed by atoms with Crippen molar-refractivity contribution >= 4 is 26.9 Å². The van der Waals surface area contributed by atoms with Gasteiger partial charge >= 0.3 is 0 Å². The second-order valence-corrected chi connectivity index (χ2v) is 11.6. The number of benzene rings is 2. The van der Waals surface area contributed by atoms with Crippen LogP contribution in [0.2, 0.25) is 0 Å². The number of nitrogen functional groups attached to an aromatic ring is 1. The molecule has 1 aliphatic carbocycles. The van der Waals surface area contributed by atoms with Gasteiger partial charge in [0.1, 0.15) is 36.0 Å². The second kappa shape index (κ2) is 10.3. The lowest BCUT2D eigenvalue weighted by molar-refractivity contribution is -0.277. The summed E-state index contributed by atoms with van der Waals surface area (Å²) in [4.78, 5) is 9.24. The first-order valence-electron chi connectivity index (χ1n) is 12.8. The molecule has 0 bridgehead atoms. The molecule has 1 saturated carbocycles. The average molecular weight is 585 g/mol. The van der Waals surface area contributed by atoms with E-state index in [1.54, 1.807) is 41.1 Å². The molecule has 4 aromatic rings. The summed E-state index contributed by atoms with van der Waals surface area (Å²) in [5.41, 5.74) is 8.82. The molecular weight excluding hydrogens is 556 g/mol. The Kier molecular flexibility index (Phi) is 6.89. The second-order valence-electron chi connectivity index (χ2n) is 10.1. The van der Waals surface area contributed by atoms with Gasteiger partial charge in [0.25, 0.3) is 0 Å². The number of aliphatic hydroxyl groups is 4. The van der Waals surface area contributed by atoms with Crippen LogP contribution < -0.4 is 15.6 Å². The fraction of sp³-hybridized carbons (Fsp3) is 0.346. The fourth-order valence-electron chi connectivity index (χ4n) is 4.78. The van der Waals surface area contributed by atoms with Crippen LogP contribution >= 0.6 is 0 Å². The summed E-state index contributed by atoms with van der Waals surface area (Å²) >= 11 is 0. The third kappa shape index (κ3) is 5.12. The highest BCUT2D eigenvalue weighted by Crippen LogP contribution is 2.44. The topological polar surface area (TPSA) is 229 Å². The number of hydrogen-bond acceptors (Lipinski definition) is 12. The molecule has 216 valence electrons. The minimum absolute atomic E-state index is 0.0269. The fourth-order valence-corrected chi connectivity index (χ4v) is 5.30. The quantitative estimate of drug-likeness (QED) is 0.165. The van der Waals surface area contributed by atoms with Crippen molar-refractivity contribution in [1.29, 1.82) is 0 Å². The van der Waals surface area contributed by atoms with Crippen LogP contribution in [-0.4, -0.2) is 85.9 Å². The summed E-state index contributed by atoms with van der Waals surface area (Å²) in [6, 6.07) is 12.5. The van der Waals surface area contributed by atoms with E-state index in [1.807, 2.05) is 0 Å². The maximum atomic E-state index is 11.7. The normalized spacial score (nSPS) is 25.0. The van der Waals surface area contributed by atoms with Crippen molar-refractivity contribution in [2.24, 2.45) is 5.14 Å². The van der Waals surface area contributed by atoms with Gasteiger partial charge in [-0.3, -0.25) is 0 Å². The van der Waals surface area contributed by atoms with E-state index in [0.717, 1.165) is 18.5 Å². The first-order valence-corrected chi connectivity index (χ1v) is 14.4. The molecule has 0 amide bonds. The molecule has 14 nitrogen and oxygen atoms in total. The summed E-state index contributed by atoms with van der Waals surface area (Å²) in [7, 11) is -3.86. The zero-order valence-electron chi connectivity index (χ0n) is 21.5. The molecule has 0 spiro atoms. The zero-order chi connectivity index (χ0) is 29.1. The number of fused-ring (bicyclic) bond motifs is 1. The van der Waals surface area contributed by atoms with E-state index in [2.05, 4.69) is 4.98 Å². The Bertz CT molecular complexity index is 1690. The van der Waals surface area contributed by atoms with Crippen molar-refractivity contribution in [3.8, 4) is 22.8 Å². The van der Waals surface area contributed by atoms with Gasteiger partial charge in [0.2, 0.25) is 16.3 Å². The van der Waals surface area contributed by atoms with Gasteiger partial charge in [-0.1, -0.05) is 0 Å². The van der Waals surface area contributed by atoms with Gasteiger partial charge in [-0.2, -0.15) is 5.10 Å². The van der Waals surface area contributed by atoms with Gasteiger partial charge in [0.05, 0.1) is 28.3 Å². The molecule has 8 N–H and O–H groups in total. The van der Waals surface area contributed by atoms with Crippen LogP contribution in [0, 0.1) is 0 Å². The highest BCUT2D eigenvalue weighted by Gasteiger charge is 2.44. The molecule has 2 aromatic carbocycles.